The average molecular weight is 391 g/mol. The lowest BCUT2D eigenvalue weighted by Gasteiger charge is -2.34. The summed E-state index contributed by atoms with van der Waals surface area (Å²) in [6.07, 6.45) is 2.20. The van der Waals surface area contributed by atoms with Gasteiger partial charge in [0, 0.05) is 26.2 Å². The summed E-state index contributed by atoms with van der Waals surface area (Å²) in [5, 5.41) is 0. The fourth-order valence-corrected chi connectivity index (χ4v) is 5.45. The van der Waals surface area contributed by atoms with Gasteiger partial charge in [-0.15, -0.1) is 0 Å². The molecule has 1 saturated heterocycles. The van der Waals surface area contributed by atoms with Gasteiger partial charge in [-0.05, 0) is 44.2 Å². The van der Waals surface area contributed by atoms with Crippen molar-refractivity contribution in [3.05, 3.63) is 41.5 Å². The Morgan fingerprint density at radius 1 is 1.07 bits per heavy atom. The SMILES string of the molecule is CC(C)=CC1C(C(=O)N2CCN(S(=O)(=O)c3ccc(C)cc3)CC2)C1(C)C. The van der Waals surface area contributed by atoms with Gasteiger partial charge in [0.2, 0.25) is 15.9 Å². The minimum atomic E-state index is -3.50. The molecular formula is C21H30N2O3S. The molecule has 0 aromatic heterocycles. The van der Waals surface area contributed by atoms with Gasteiger partial charge in [0.1, 0.15) is 0 Å². The Morgan fingerprint density at radius 3 is 2.15 bits per heavy atom. The summed E-state index contributed by atoms with van der Waals surface area (Å²) in [5.41, 5.74) is 2.25. The first-order valence-corrected chi connectivity index (χ1v) is 11.0. The van der Waals surface area contributed by atoms with Gasteiger partial charge in [-0.3, -0.25) is 4.79 Å². The molecular weight excluding hydrogens is 360 g/mol. The van der Waals surface area contributed by atoms with Crippen molar-refractivity contribution in [3.63, 3.8) is 0 Å². The lowest BCUT2D eigenvalue weighted by Crippen LogP contribution is -2.51. The van der Waals surface area contributed by atoms with Crippen LogP contribution in [-0.2, 0) is 14.8 Å². The molecule has 27 heavy (non-hydrogen) atoms. The van der Waals surface area contributed by atoms with E-state index in [-0.39, 0.29) is 23.2 Å². The van der Waals surface area contributed by atoms with Crippen LogP contribution in [0.25, 0.3) is 0 Å². The number of hydrogen-bond donors (Lipinski definition) is 0. The molecule has 1 aliphatic heterocycles. The molecule has 2 atom stereocenters. The highest BCUT2D eigenvalue weighted by Crippen LogP contribution is 2.60. The number of carbonyl (C=O) groups is 1. The molecule has 0 N–H and O–H groups in total. The first kappa shape index (κ1) is 20.1. The number of nitrogens with zero attached hydrogens (tertiary/aromatic N) is 2. The fourth-order valence-electron chi connectivity index (χ4n) is 4.02. The van der Waals surface area contributed by atoms with E-state index in [0.717, 1.165) is 5.56 Å². The molecule has 2 fully saturated rings. The second kappa shape index (κ2) is 7.06. The average Bonchev–Trinajstić information content (AvgIpc) is 3.14. The second-order valence-electron chi connectivity index (χ2n) is 8.61. The van der Waals surface area contributed by atoms with Crippen molar-refractivity contribution in [3.8, 4) is 0 Å². The van der Waals surface area contributed by atoms with Crippen molar-refractivity contribution in [2.75, 3.05) is 26.2 Å². The first-order valence-electron chi connectivity index (χ1n) is 9.56. The van der Waals surface area contributed by atoms with E-state index in [9.17, 15) is 13.2 Å². The van der Waals surface area contributed by atoms with Gasteiger partial charge < -0.3 is 4.90 Å². The Labute approximate surface area is 163 Å². The van der Waals surface area contributed by atoms with Gasteiger partial charge >= 0.3 is 0 Å². The molecule has 1 amide bonds. The van der Waals surface area contributed by atoms with Crippen LogP contribution in [0.1, 0.15) is 33.3 Å². The molecule has 0 radical (unpaired) electrons. The lowest BCUT2D eigenvalue weighted by molar-refractivity contribution is -0.134. The smallest absolute Gasteiger partial charge is 0.243 e. The van der Waals surface area contributed by atoms with Crippen molar-refractivity contribution in [2.24, 2.45) is 17.3 Å². The van der Waals surface area contributed by atoms with E-state index < -0.39 is 10.0 Å². The van der Waals surface area contributed by atoms with Crippen molar-refractivity contribution in [1.82, 2.24) is 9.21 Å². The predicted octanol–water partition coefficient (Wildman–Crippen LogP) is 3.07. The van der Waals surface area contributed by atoms with Crippen molar-refractivity contribution >= 4 is 15.9 Å². The Balaban J connectivity index is 1.65. The Hall–Kier alpha value is -1.66. The predicted molar refractivity (Wildman–Crippen MR) is 107 cm³/mol. The highest BCUT2D eigenvalue weighted by molar-refractivity contribution is 7.89. The van der Waals surface area contributed by atoms with Crippen LogP contribution in [0, 0.1) is 24.2 Å². The molecule has 1 saturated carbocycles. The van der Waals surface area contributed by atoms with Gasteiger partial charge in [0.25, 0.3) is 0 Å². The minimum absolute atomic E-state index is 0.00709. The van der Waals surface area contributed by atoms with E-state index in [1.165, 1.54) is 9.88 Å². The van der Waals surface area contributed by atoms with Gasteiger partial charge in [-0.1, -0.05) is 43.2 Å². The number of rotatable bonds is 4. The van der Waals surface area contributed by atoms with Crippen LogP contribution in [0.2, 0.25) is 0 Å². The van der Waals surface area contributed by atoms with Gasteiger partial charge in [-0.2, -0.15) is 4.31 Å². The molecule has 5 nitrogen and oxygen atoms in total. The summed E-state index contributed by atoms with van der Waals surface area (Å²) in [6.45, 7) is 11.9. The van der Waals surface area contributed by atoms with Crippen molar-refractivity contribution in [1.29, 1.82) is 0 Å². The van der Waals surface area contributed by atoms with Gasteiger partial charge in [0.15, 0.2) is 0 Å². The van der Waals surface area contributed by atoms with E-state index in [0.29, 0.717) is 31.1 Å². The van der Waals surface area contributed by atoms with E-state index in [1.807, 2.05) is 24.0 Å². The highest BCUT2D eigenvalue weighted by Gasteiger charge is 2.61. The largest absolute Gasteiger partial charge is 0.340 e. The number of sulfonamides is 1. The number of benzene rings is 1. The lowest BCUT2D eigenvalue weighted by atomic mass is 10.1. The summed E-state index contributed by atoms with van der Waals surface area (Å²) in [5.74, 6) is 0.451. The maximum Gasteiger partial charge on any atom is 0.243 e. The maximum absolute atomic E-state index is 13.0. The van der Waals surface area contributed by atoms with Gasteiger partial charge in [-0.25, -0.2) is 8.42 Å². The molecule has 2 aliphatic rings. The topological polar surface area (TPSA) is 57.7 Å². The van der Waals surface area contributed by atoms with Crippen LogP contribution in [0.5, 0.6) is 0 Å². The minimum Gasteiger partial charge on any atom is -0.340 e. The van der Waals surface area contributed by atoms with E-state index in [4.69, 9.17) is 0 Å². The zero-order valence-electron chi connectivity index (χ0n) is 16.9. The van der Waals surface area contributed by atoms with E-state index >= 15 is 0 Å². The third-order valence-electron chi connectivity index (χ3n) is 5.90. The Morgan fingerprint density at radius 2 is 1.63 bits per heavy atom. The molecule has 148 valence electrons. The van der Waals surface area contributed by atoms with Crippen LogP contribution in [0.15, 0.2) is 40.8 Å². The molecule has 3 rings (SSSR count). The molecule has 1 aromatic carbocycles. The molecule has 0 spiro atoms. The van der Waals surface area contributed by atoms with Gasteiger partial charge in [0.05, 0.1) is 10.8 Å². The molecule has 1 aliphatic carbocycles. The number of aryl methyl sites for hydroxylation is 1. The molecule has 6 heteroatoms. The monoisotopic (exact) mass is 390 g/mol. The van der Waals surface area contributed by atoms with E-state index in [1.54, 1.807) is 12.1 Å². The zero-order valence-corrected chi connectivity index (χ0v) is 17.7. The molecule has 2 unspecified atom stereocenters. The third-order valence-corrected chi connectivity index (χ3v) is 7.81. The quantitative estimate of drug-likeness (QED) is 0.743. The maximum atomic E-state index is 13.0. The number of amides is 1. The van der Waals surface area contributed by atoms with Crippen LogP contribution < -0.4 is 0 Å². The van der Waals surface area contributed by atoms with Crippen LogP contribution in [0.4, 0.5) is 0 Å². The summed E-state index contributed by atoms with van der Waals surface area (Å²) in [6, 6.07) is 6.92. The summed E-state index contributed by atoms with van der Waals surface area (Å²) in [4.78, 5) is 15.1. The molecule has 0 bridgehead atoms. The second-order valence-corrected chi connectivity index (χ2v) is 10.5. The fraction of sp³-hybridized carbons (Fsp3) is 0.571. The standard InChI is InChI=1S/C21H30N2O3S/c1-15(2)14-18-19(21(18,4)5)20(24)22-10-12-23(13-11-22)27(25,26)17-8-6-16(3)7-9-17/h6-9,14,18-19H,10-13H2,1-5H3. The Kier molecular flexibility index (Phi) is 5.25. The number of hydrogen-bond acceptors (Lipinski definition) is 3. The van der Waals surface area contributed by atoms with Crippen LogP contribution in [-0.4, -0.2) is 49.7 Å². The normalized spacial score (nSPS) is 25.1. The highest BCUT2D eigenvalue weighted by atomic mass is 32.2. The summed E-state index contributed by atoms with van der Waals surface area (Å²) >= 11 is 0. The number of allylic oxidation sites excluding steroid dienone is 2. The van der Waals surface area contributed by atoms with Crippen LogP contribution >= 0.6 is 0 Å². The number of piperazine rings is 1. The molecule has 1 heterocycles. The third kappa shape index (κ3) is 3.83. The first-order chi connectivity index (χ1) is 12.5. The number of carbonyl (C=O) groups excluding carboxylic acids is 1. The van der Waals surface area contributed by atoms with Crippen molar-refractivity contribution < 1.29 is 13.2 Å². The van der Waals surface area contributed by atoms with Crippen molar-refractivity contribution in [2.45, 2.75) is 39.5 Å². The summed E-state index contributed by atoms with van der Waals surface area (Å²) in [7, 11) is -3.50. The summed E-state index contributed by atoms with van der Waals surface area (Å²) < 4.78 is 27.1. The zero-order chi connectivity index (χ0) is 20.0. The Bertz CT molecular complexity index is 844. The van der Waals surface area contributed by atoms with Crippen LogP contribution in [0.3, 0.4) is 0 Å². The molecule has 1 aromatic rings. The van der Waals surface area contributed by atoms with E-state index in [2.05, 4.69) is 33.8 Å².